The third kappa shape index (κ3) is 19.9. The molecule has 0 aliphatic carbocycles. The Balaban J connectivity index is 0.756. The number of benzene rings is 4. The number of ether oxygens (including phenoxy) is 6. The second kappa shape index (κ2) is 37.3. The third-order valence-corrected chi connectivity index (χ3v) is 20.7. The van der Waals surface area contributed by atoms with Gasteiger partial charge in [0.15, 0.2) is 57.0 Å². The molecule has 4 aromatic heterocycles. The summed E-state index contributed by atoms with van der Waals surface area (Å²) >= 11 is 0. The Morgan fingerprint density at radius 1 is 0.450 bits per heavy atom. The number of rotatable bonds is 41. The lowest BCUT2D eigenvalue weighted by atomic mass is 10.0. The molecular weight excluding hydrogens is 1320 g/mol. The van der Waals surface area contributed by atoms with Crippen LogP contribution in [0.15, 0.2) is 95.2 Å². The number of sulfonamides is 2. The Morgan fingerprint density at radius 2 is 0.770 bits per heavy atom. The number of aromatic nitrogens is 8. The zero-order valence-electron chi connectivity index (χ0n) is 57.5. The molecule has 8 aromatic rings. The Morgan fingerprint density at radius 3 is 1.07 bits per heavy atom. The zero-order valence-corrected chi connectivity index (χ0v) is 59.2. The molecule has 0 radical (unpaired) electrons. The second-order valence-corrected chi connectivity index (χ2v) is 27.6. The van der Waals surface area contributed by atoms with Crippen molar-refractivity contribution >= 4 is 65.4 Å². The maximum absolute atomic E-state index is 14.0. The summed E-state index contributed by atoms with van der Waals surface area (Å²) in [5.41, 5.74) is 15.9. The molecule has 0 aliphatic heterocycles. The number of nitro groups is 2. The van der Waals surface area contributed by atoms with Gasteiger partial charge in [-0.25, -0.2) is 46.7 Å². The number of nitrogens with zero attached hydrogens (tertiary/aromatic N) is 12. The summed E-state index contributed by atoms with van der Waals surface area (Å²) in [6.07, 6.45) is 18.9. The van der Waals surface area contributed by atoms with Crippen LogP contribution in [0.4, 0.5) is 23.0 Å². The van der Waals surface area contributed by atoms with Crippen LogP contribution < -0.4 is 39.9 Å². The van der Waals surface area contributed by atoms with Gasteiger partial charge in [-0.3, -0.25) is 20.2 Å². The summed E-state index contributed by atoms with van der Waals surface area (Å²) in [7, 11) is 1.23. The topological polar surface area (TPSA) is 356 Å². The van der Waals surface area contributed by atoms with Crippen LogP contribution in [-0.4, -0.2) is 143 Å². The molecule has 0 atom stereocenters. The van der Waals surface area contributed by atoms with E-state index < -0.39 is 29.9 Å². The third-order valence-electron chi connectivity index (χ3n) is 17.0. The molecule has 0 amide bonds. The molecule has 0 saturated heterocycles. The van der Waals surface area contributed by atoms with Gasteiger partial charge < -0.3 is 49.0 Å². The lowest BCUT2D eigenvalue weighted by molar-refractivity contribution is -0.385. The molecule has 534 valence electrons. The normalized spacial score (nSPS) is 11.6. The van der Waals surface area contributed by atoms with Crippen LogP contribution in [0.1, 0.15) is 138 Å². The van der Waals surface area contributed by atoms with Crippen molar-refractivity contribution in [1.29, 1.82) is 0 Å². The molecular formula is C70H88N14O14S2. The van der Waals surface area contributed by atoms with Gasteiger partial charge in [-0.05, 0) is 85.3 Å². The summed E-state index contributed by atoms with van der Waals surface area (Å²) in [4.78, 5) is 48.5. The minimum Gasteiger partial charge on any atom is -0.493 e. The predicted octanol–water partition coefficient (Wildman–Crippen LogP) is 11.3. The number of imidazole rings is 2. The van der Waals surface area contributed by atoms with Crippen molar-refractivity contribution in [3.05, 3.63) is 128 Å². The van der Waals surface area contributed by atoms with E-state index in [1.54, 1.807) is 42.7 Å². The monoisotopic (exact) mass is 1410 g/mol. The van der Waals surface area contributed by atoms with Gasteiger partial charge in [0.25, 0.3) is 11.4 Å². The van der Waals surface area contributed by atoms with E-state index in [1.807, 2.05) is 33.4 Å². The van der Waals surface area contributed by atoms with E-state index in [1.165, 1.54) is 69.8 Å². The largest absolute Gasteiger partial charge is 0.493 e. The zero-order chi connectivity index (χ0) is 71.6. The van der Waals surface area contributed by atoms with E-state index >= 15 is 0 Å². The summed E-state index contributed by atoms with van der Waals surface area (Å²) in [6, 6.07) is 17.2. The van der Waals surface area contributed by atoms with Gasteiger partial charge >= 0.3 is 0 Å². The van der Waals surface area contributed by atoms with Gasteiger partial charge in [-0.2, -0.15) is 8.61 Å². The molecule has 0 fully saturated rings. The number of hydrogen-bond acceptors (Lipinski definition) is 22. The highest BCUT2D eigenvalue weighted by molar-refractivity contribution is 7.89. The number of nitro benzene ring substituents is 2. The lowest BCUT2D eigenvalue weighted by Crippen LogP contribution is -2.32. The van der Waals surface area contributed by atoms with Crippen LogP contribution in [0.3, 0.4) is 0 Å². The van der Waals surface area contributed by atoms with E-state index in [0.717, 1.165) is 88.2 Å². The molecule has 4 aromatic carbocycles. The van der Waals surface area contributed by atoms with E-state index in [4.69, 9.17) is 49.9 Å². The van der Waals surface area contributed by atoms with E-state index in [0.29, 0.717) is 133 Å². The fourth-order valence-electron chi connectivity index (χ4n) is 11.7. The molecule has 4 N–H and O–H groups in total. The minimum atomic E-state index is -4.03. The molecule has 30 heteroatoms. The first-order valence-corrected chi connectivity index (χ1v) is 36.1. The summed E-state index contributed by atoms with van der Waals surface area (Å²) in [5, 5.41) is 22.8. The predicted molar refractivity (Wildman–Crippen MR) is 380 cm³/mol. The number of unbranched alkanes of at least 4 members (excludes halogenated alkanes) is 15. The molecule has 0 unspecified atom stereocenters. The smallest absolute Gasteiger partial charge is 0.269 e. The molecule has 100 heavy (non-hydrogen) atoms. The average molecular weight is 1410 g/mol. The van der Waals surface area contributed by atoms with Crippen LogP contribution in [0, 0.1) is 43.9 Å². The van der Waals surface area contributed by atoms with Crippen LogP contribution in [0.2, 0.25) is 0 Å². The van der Waals surface area contributed by atoms with E-state index in [2.05, 4.69) is 43.6 Å². The highest BCUT2D eigenvalue weighted by Crippen LogP contribution is 2.40. The van der Waals surface area contributed by atoms with Crippen LogP contribution >= 0.6 is 0 Å². The van der Waals surface area contributed by atoms with Crippen molar-refractivity contribution in [2.24, 2.45) is 0 Å². The first-order chi connectivity index (χ1) is 48.4. The fraction of sp³-hybridized carbons (Fsp3) is 0.457. The van der Waals surface area contributed by atoms with Gasteiger partial charge in [-0.15, -0.1) is 11.8 Å². The molecule has 0 spiro atoms. The van der Waals surface area contributed by atoms with Gasteiger partial charge in [0.05, 0.1) is 75.4 Å². The Labute approximate surface area is 583 Å². The van der Waals surface area contributed by atoms with Gasteiger partial charge in [0.1, 0.15) is 24.3 Å². The number of nitrogen functional groups attached to an aromatic ring is 2. The maximum atomic E-state index is 14.0. The second-order valence-electron chi connectivity index (χ2n) is 23.7. The number of hydrogen-bond donors (Lipinski definition) is 2. The van der Waals surface area contributed by atoms with Crippen molar-refractivity contribution in [2.45, 2.75) is 151 Å². The van der Waals surface area contributed by atoms with Crippen molar-refractivity contribution in [1.82, 2.24) is 47.6 Å². The van der Waals surface area contributed by atoms with Crippen LogP contribution in [0.25, 0.3) is 22.3 Å². The standard InChI is InChI=1S/C70H88N14O14S2/c1-93-57-43-51(44-58(94-2)65(57)97-5)47-61-77-63-67(71)73-49-75-69(63)81(61)41-27-21-19-25-39-79(99(89,90)55-33-29-53(30-34-55)83(85)86)37-23-17-15-13-11-9-7-8-10-12-14-16-18-24-38-80(100(91,92)56-35-31-54(32-36-56)84(87)88)40-26-20-22-28-42-82-62(78-64-68(72)74-50-76-70(64)82)48-52-45-59(95-3)66(98-6)60(46-52)96-4/h29-36,43-46,49-50H,7-18,21-24,27-28,37-42,47-48H2,1-6H3,(H2,71,73,75)(H2,72,74,76). The summed E-state index contributed by atoms with van der Waals surface area (Å²) in [5.74, 6) is 17.3. The number of anilines is 2. The molecule has 0 saturated carbocycles. The van der Waals surface area contributed by atoms with Crippen molar-refractivity contribution in [3.8, 4) is 58.2 Å². The molecule has 0 aliphatic rings. The number of aryl methyl sites for hydroxylation is 2. The highest BCUT2D eigenvalue weighted by atomic mass is 32.2. The first-order valence-electron chi connectivity index (χ1n) is 33.3. The SMILES string of the molecule is COc1cc(Cc2nc3c(N)ncnc3n2CCCC#CCN(CCCCCCCCCCCCCCCCN(CC#CCCCn2c(Cc3cc(OC)c(OC)c(OC)c3)nc3c(N)ncnc32)S(=O)(=O)c2ccc([N+](=O)[O-])cc2)S(=O)(=O)c2ccc([N+](=O)[O-])cc2)cc(OC)c1OC. The molecule has 4 heterocycles. The maximum Gasteiger partial charge on any atom is 0.269 e. The Bertz CT molecular complexity index is 4100. The van der Waals surface area contributed by atoms with Crippen LogP contribution in [0.5, 0.6) is 34.5 Å². The Kier molecular flexibility index (Phi) is 28.3. The number of non-ortho nitro benzene ring substituents is 2. The molecule has 0 bridgehead atoms. The minimum absolute atomic E-state index is 0.0414. The number of nitrogens with two attached hydrogens (primary N) is 2. The first kappa shape index (κ1) is 75.9. The van der Waals surface area contributed by atoms with Crippen LogP contribution in [-0.2, 0) is 46.0 Å². The summed E-state index contributed by atoms with van der Waals surface area (Å²) < 4.78 is 96.0. The average Bonchev–Trinajstić information content (AvgIpc) is 1.60. The molecule has 28 nitrogen and oxygen atoms in total. The highest BCUT2D eigenvalue weighted by Gasteiger charge is 2.27. The molecule has 8 rings (SSSR count). The number of methoxy groups -OCH3 is 6. The Hall–Kier alpha value is -9.88. The van der Waals surface area contributed by atoms with Crippen molar-refractivity contribution < 1.29 is 55.1 Å². The lowest BCUT2D eigenvalue weighted by Gasteiger charge is -2.20. The van der Waals surface area contributed by atoms with Crippen molar-refractivity contribution in [3.63, 3.8) is 0 Å². The summed E-state index contributed by atoms with van der Waals surface area (Å²) in [6.45, 7) is 1.34. The van der Waals surface area contributed by atoms with Crippen molar-refractivity contribution in [2.75, 3.05) is 80.3 Å². The quantitative estimate of drug-likeness (QED) is 0.0156. The number of fused-ring (bicyclic) bond motifs is 2. The fourth-order valence-corrected chi connectivity index (χ4v) is 14.5. The van der Waals surface area contributed by atoms with Gasteiger partial charge in [0, 0.05) is 76.1 Å². The van der Waals surface area contributed by atoms with E-state index in [-0.39, 0.29) is 59.0 Å². The van der Waals surface area contributed by atoms with Gasteiger partial charge in [-0.1, -0.05) is 88.9 Å². The van der Waals surface area contributed by atoms with Gasteiger partial charge in [0.2, 0.25) is 31.5 Å². The van der Waals surface area contributed by atoms with E-state index in [9.17, 15) is 37.1 Å².